The second kappa shape index (κ2) is 4.02. The molecule has 0 aliphatic heterocycles. The molecule has 7 heteroatoms. The minimum atomic E-state index is -6.27. The van der Waals surface area contributed by atoms with Gasteiger partial charge in [-0.1, -0.05) is 13.0 Å². The summed E-state index contributed by atoms with van der Waals surface area (Å²) in [5.74, 6) is -13.4. The van der Waals surface area contributed by atoms with Crippen LogP contribution in [-0.2, 0) is 0 Å². The zero-order valence-corrected chi connectivity index (χ0v) is 7.71. The van der Waals surface area contributed by atoms with Crippen molar-refractivity contribution in [3.8, 4) is 0 Å². The zero-order valence-electron chi connectivity index (χ0n) is 7.71. The molecule has 0 aromatic carbocycles. The molecule has 0 amide bonds. The van der Waals surface area contributed by atoms with Crippen molar-refractivity contribution in [3.05, 3.63) is 12.7 Å². The number of allylic oxidation sites excluding steroid dienone is 1. The lowest BCUT2D eigenvalue weighted by Crippen LogP contribution is -2.55. The minimum absolute atomic E-state index is 0.402. The molecule has 0 radical (unpaired) electrons. The first-order valence-corrected chi connectivity index (χ1v) is 3.97. The molecule has 0 heterocycles. The summed E-state index contributed by atoms with van der Waals surface area (Å²) >= 11 is 0. The van der Waals surface area contributed by atoms with Crippen LogP contribution in [0.2, 0.25) is 0 Å². The Morgan fingerprint density at radius 3 is 1.67 bits per heavy atom. The molecule has 0 nitrogen and oxygen atoms in total. The monoisotopic (exact) mass is 238 g/mol. The summed E-state index contributed by atoms with van der Waals surface area (Å²) in [6.45, 7) is 3.89. The summed E-state index contributed by atoms with van der Waals surface area (Å²) in [4.78, 5) is 0. The van der Waals surface area contributed by atoms with E-state index in [4.69, 9.17) is 0 Å². The van der Waals surface area contributed by atoms with Crippen LogP contribution in [-0.4, -0.2) is 18.0 Å². The smallest absolute Gasteiger partial charge is 0.199 e. The molecule has 0 saturated heterocycles. The van der Waals surface area contributed by atoms with Crippen LogP contribution in [0.25, 0.3) is 0 Å². The zero-order chi connectivity index (χ0) is 12.5. The van der Waals surface area contributed by atoms with Gasteiger partial charge in [0.2, 0.25) is 0 Å². The lowest BCUT2D eigenvalue weighted by atomic mass is 9.93. The molecule has 0 aromatic heterocycles. The molecule has 15 heavy (non-hydrogen) atoms. The maximum Gasteiger partial charge on any atom is 0.459 e. The van der Waals surface area contributed by atoms with E-state index in [1.807, 2.05) is 0 Å². The molecule has 0 fully saturated rings. The van der Waals surface area contributed by atoms with Crippen molar-refractivity contribution in [3.63, 3.8) is 0 Å². The van der Waals surface area contributed by atoms with Crippen LogP contribution < -0.4 is 0 Å². The van der Waals surface area contributed by atoms with Crippen molar-refractivity contribution in [2.75, 3.05) is 0 Å². The third-order valence-corrected chi connectivity index (χ3v) is 1.96. The highest BCUT2D eigenvalue weighted by Gasteiger charge is 2.74. The van der Waals surface area contributed by atoms with Gasteiger partial charge in [-0.3, -0.25) is 0 Å². The molecular weight excluding hydrogens is 229 g/mol. The summed E-state index contributed by atoms with van der Waals surface area (Å²) in [5, 5.41) is 0. The van der Waals surface area contributed by atoms with Crippen molar-refractivity contribution < 1.29 is 30.7 Å². The lowest BCUT2D eigenvalue weighted by Gasteiger charge is -2.32. The summed E-state index contributed by atoms with van der Waals surface area (Å²) in [6.07, 6.45) is -6.42. The molecule has 0 rings (SSSR count). The van der Waals surface area contributed by atoms with E-state index in [-0.39, 0.29) is 0 Å². The SMILES string of the molecule is C=CC(CC)C(F)(F)C(F)(F)C(F)(F)F. The van der Waals surface area contributed by atoms with Gasteiger partial charge in [0.1, 0.15) is 0 Å². The molecule has 90 valence electrons. The molecule has 0 spiro atoms. The number of hydrogen-bond donors (Lipinski definition) is 0. The van der Waals surface area contributed by atoms with E-state index in [1.165, 1.54) is 0 Å². The van der Waals surface area contributed by atoms with Gasteiger partial charge in [-0.15, -0.1) is 6.58 Å². The summed E-state index contributed by atoms with van der Waals surface area (Å²) in [6, 6.07) is 0. The molecular formula is C8H9F7. The van der Waals surface area contributed by atoms with E-state index in [2.05, 4.69) is 6.58 Å². The Hall–Kier alpha value is -0.750. The molecule has 0 bridgehead atoms. The molecule has 0 saturated carbocycles. The first-order valence-electron chi connectivity index (χ1n) is 3.97. The van der Waals surface area contributed by atoms with E-state index in [0.29, 0.717) is 6.08 Å². The van der Waals surface area contributed by atoms with Crippen LogP contribution in [0, 0.1) is 5.92 Å². The van der Waals surface area contributed by atoms with Crippen LogP contribution in [0.15, 0.2) is 12.7 Å². The fourth-order valence-corrected chi connectivity index (χ4v) is 0.993. The maximum atomic E-state index is 12.8. The minimum Gasteiger partial charge on any atom is -0.199 e. The van der Waals surface area contributed by atoms with Crippen LogP contribution in [0.5, 0.6) is 0 Å². The number of rotatable bonds is 4. The van der Waals surface area contributed by atoms with Gasteiger partial charge in [-0.2, -0.15) is 30.7 Å². The van der Waals surface area contributed by atoms with Crippen LogP contribution in [0.4, 0.5) is 30.7 Å². The predicted octanol–water partition coefficient (Wildman–Crippen LogP) is 4.03. The second-order valence-electron chi connectivity index (χ2n) is 2.95. The summed E-state index contributed by atoms with van der Waals surface area (Å²) < 4.78 is 85.6. The Bertz CT molecular complexity index is 228. The predicted molar refractivity (Wildman–Crippen MR) is 39.9 cm³/mol. The quantitative estimate of drug-likeness (QED) is 0.512. The maximum absolute atomic E-state index is 12.8. The standard InChI is InChI=1S/C8H9F7/c1-3-5(4-2)6(9,10)7(11,12)8(13,14)15/h3,5H,1,4H2,2H3. The number of halogens is 7. The topological polar surface area (TPSA) is 0 Å². The van der Waals surface area contributed by atoms with Gasteiger partial charge >= 0.3 is 18.0 Å². The fourth-order valence-electron chi connectivity index (χ4n) is 0.993. The Kier molecular flexibility index (Phi) is 3.82. The summed E-state index contributed by atoms with van der Waals surface area (Å²) in [5.41, 5.74) is 0. The lowest BCUT2D eigenvalue weighted by molar-refractivity contribution is -0.362. The molecule has 1 unspecified atom stereocenters. The van der Waals surface area contributed by atoms with E-state index in [9.17, 15) is 30.7 Å². The van der Waals surface area contributed by atoms with Crippen molar-refractivity contribution in [1.82, 2.24) is 0 Å². The van der Waals surface area contributed by atoms with Crippen molar-refractivity contribution in [2.45, 2.75) is 31.4 Å². The highest BCUT2D eigenvalue weighted by molar-refractivity contribution is 5.00. The van der Waals surface area contributed by atoms with Crippen LogP contribution in [0.1, 0.15) is 13.3 Å². The average molecular weight is 238 g/mol. The van der Waals surface area contributed by atoms with E-state index < -0.39 is 30.4 Å². The van der Waals surface area contributed by atoms with E-state index in [0.717, 1.165) is 6.92 Å². The molecule has 0 N–H and O–H groups in total. The van der Waals surface area contributed by atoms with E-state index >= 15 is 0 Å². The largest absolute Gasteiger partial charge is 0.459 e. The van der Waals surface area contributed by atoms with Gasteiger partial charge in [0, 0.05) is 5.92 Å². The number of alkyl halides is 7. The van der Waals surface area contributed by atoms with Gasteiger partial charge in [-0.05, 0) is 6.42 Å². The Morgan fingerprint density at radius 1 is 1.07 bits per heavy atom. The van der Waals surface area contributed by atoms with Gasteiger partial charge < -0.3 is 0 Å². The van der Waals surface area contributed by atoms with E-state index in [1.54, 1.807) is 0 Å². The Balaban J connectivity index is 5.25. The van der Waals surface area contributed by atoms with Crippen molar-refractivity contribution in [1.29, 1.82) is 0 Å². The van der Waals surface area contributed by atoms with Crippen molar-refractivity contribution >= 4 is 0 Å². The van der Waals surface area contributed by atoms with Crippen molar-refractivity contribution in [2.24, 2.45) is 5.92 Å². The highest BCUT2D eigenvalue weighted by Crippen LogP contribution is 2.50. The molecule has 0 aliphatic rings. The molecule has 0 aliphatic carbocycles. The first-order chi connectivity index (χ1) is 6.52. The Morgan fingerprint density at radius 2 is 1.47 bits per heavy atom. The third kappa shape index (κ3) is 2.26. The normalized spacial score (nSPS) is 16.3. The third-order valence-electron chi connectivity index (χ3n) is 1.96. The fraction of sp³-hybridized carbons (Fsp3) is 0.750. The molecule has 1 atom stereocenters. The van der Waals surface area contributed by atoms with Crippen LogP contribution >= 0.6 is 0 Å². The average Bonchev–Trinajstić information content (AvgIpc) is 2.03. The number of hydrogen-bond acceptors (Lipinski definition) is 0. The van der Waals surface area contributed by atoms with Gasteiger partial charge in [0.15, 0.2) is 0 Å². The van der Waals surface area contributed by atoms with Gasteiger partial charge in [0.25, 0.3) is 0 Å². The highest BCUT2D eigenvalue weighted by atomic mass is 19.4. The van der Waals surface area contributed by atoms with Crippen LogP contribution in [0.3, 0.4) is 0 Å². The van der Waals surface area contributed by atoms with Gasteiger partial charge in [0.05, 0.1) is 0 Å². The first kappa shape index (κ1) is 14.2. The second-order valence-corrected chi connectivity index (χ2v) is 2.95. The Labute approximate surface area is 81.8 Å². The molecule has 0 aromatic rings. The van der Waals surface area contributed by atoms with Gasteiger partial charge in [-0.25, -0.2) is 0 Å². The summed E-state index contributed by atoms with van der Waals surface area (Å²) in [7, 11) is 0.